The van der Waals surface area contributed by atoms with E-state index in [4.69, 9.17) is 11.6 Å². The SMILES string of the molecule is Fc1cc(Cl)ccc1C1(C2CC2)CCCN1. The molecule has 86 valence electrons. The Balaban J connectivity index is 2.05. The van der Waals surface area contributed by atoms with E-state index in [2.05, 4.69) is 5.32 Å². The summed E-state index contributed by atoms with van der Waals surface area (Å²) in [5, 5.41) is 4.00. The molecule has 1 nitrogen and oxygen atoms in total. The van der Waals surface area contributed by atoms with Gasteiger partial charge in [-0.2, -0.15) is 0 Å². The van der Waals surface area contributed by atoms with Gasteiger partial charge in [-0.1, -0.05) is 17.7 Å². The molecule has 1 heterocycles. The average Bonchev–Trinajstić information content (AvgIpc) is 2.99. The van der Waals surface area contributed by atoms with Crippen molar-refractivity contribution in [3.63, 3.8) is 0 Å². The fourth-order valence-electron chi connectivity index (χ4n) is 2.99. The molecule has 1 aliphatic carbocycles. The lowest BCUT2D eigenvalue weighted by Gasteiger charge is -2.30. The Bertz CT molecular complexity index is 408. The van der Waals surface area contributed by atoms with Crippen LogP contribution in [0.25, 0.3) is 0 Å². The first-order valence-corrected chi connectivity index (χ1v) is 6.31. The molecule has 3 rings (SSSR count). The van der Waals surface area contributed by atoms with Crippen molar-refractivity contribution in [3.05, 3.63) is 34.6 Å². The van der Waals surface area contributed by atoms with Gasteiger partial charge in [0.25, 0.3) is 0 Å². The molecule has 0 amide bonds. The van der Waals surface area contributed by atoms with E-state index in [1.165, 1.54) is 18.9 Å². The molecule has 1 aliphatic heterocycles. The molecule has 1 saturated heterocycles. The standard InChI is InChI=1S/C13H15ClFN/c14-10-4-5-11(12(15)8-10)13(9-2-3-9)6-1-7-16-13/h4-5,8-9,16H,1-3,6-7H2. The molecule has 0 aromatic heterocycles. The van der Waals surface area contributed by atoms with Crippen molar-refractivity contribution < 1.29 is 4.39 Å². The molecule has 1 unspecified atom stereocenters. The van der Waals surface area contributed by atoms with Gasteiger partial charge in [-0.15, -0.1) is 0 Å². The van der Waals surface area contributed by atoms with Crippen LogP contribution in [0.1, 0.15) is 31.2 Å². The molecule has 1 atom stereocenters. The van der Waals surface area contributed by atoms with Crippen molar-refractivity contribution in [1.82, 2.24) is 5.32 Å². The van der Waals surface area contributed by atoms with Gasteiger partial charge in [0.1, 0.15) is 5.82 Å². The van der Waals surface area contributed by atoms with Crippen LogP contribution in [0.15, 0.2) is 18.2 Å². The van der Waals surface area contributed by atoms with Gasteiger partial charge in [-0.3, -0.25) is 0 Å². The Kier molecular flexibility index (Phi) is 2.45. The molecule has 2 aliphatic rings. The number of rotatable bonds is 2. The fraction of sp³-hybridized carbons (Fsp3) is 0.538. The van der Waals surface area contributed by atoms with Gasteiger partial charge in [0.15, 0.2) is 0 Å². The van der Waals surface area contributed by atoms with Crippen molar-refractivity contribution in [2.24, 2.45) is 5.92 Å². The minimum Gasteiger partial charge on any atom is -0.307 e. The van der Waals surface area contributed by atoms with E-state index < -0.39 is 0 Å². The van der Waals surface area contributed by atoms with Gasteiger partial charge >= 0.3 is 0 Å². The number of nitrogens with one attached hydrogen (secondary N) is 1. The van der Waals surface area contributed by atoms with Gasteiger partial charge < -0.3 is 5.32 Å². The van der Waals surface area contributed by atoms with Crippen LogP contribution in [0.4, 0.5) is 4.39 Å². The third-order valence-corrected chi connectivity index (χ3v) is 4.11. The summed E-state index contributed by atoms with van der Waals surface area (Å²) in [4.78, 5) is 0. The predicted octanol–water partition coefficient (Wildman–Crippen LogP) is 3.47. The minimum atomic E-state index is -0.159. The maximum atomic E-state index is 14.0. The maximum Gasteiger partial charge on any atom is 0.129 e. The molecule has 0 bridgehead atoms. The number of halogens is 2. The van der Waals surface area contributed by atoms with Crippen molar-refractivity contribution >= 4 is 11.6 Å². The summed E-state index contributed by atoms with van der Waals surface area (Å²) in [6, 6.07) is 5.08. The van der Waals surface area contributed by atoms with Crippen LogP contribution in [0.2, 0.25) is 5.02 Å². The van der Waals surface area contributed by atoms with Crippen LogP contribution in [0.3, 0.4) is 0 Å². The number of hydrogen-bond acceptors (Lipinski definition) is 1. The van der Waals surface area contributed by atoms with E-state index in [1.54, 1.807) is 6.07 Å². The summed E-state index contributed by atoms with van der Waals surface area (Å²) in [5.41, 5.74) is 0.714. The highest BCUT2D eigenvalue weighted by Gasteiger charge is 2.49. The van der Waals surface area contributed by atoms with E-state index >= 15 is 0 Å². The van der Waals surface area contributed by atoms with E-state index in [0.717, 1.165) is 24.9 Å². The first-order chi connectivity index (χ1) is 7.72. The van der Waals surface area contributed by atoms with Crippen molar-refractivity contribution in [1.29, 1.82) is 0 Å². The summed E-state index contributed by atoms with van der Waals surface area (Å²) in [7, 11) is 0. The molecule has 1 aromatic carbocycles. The third-order valence-electron chi connectivity index (χ3n) is 3.87. The Labute approximate surface area is 100.0 Å². The van der Waals surface area contributed by atoms with Crippen LogP contribution in [0.5, 0.6) is 0 Å². The molecule has 1 aromatic rings. The van der Waals surface area contributed by atoms with Crippen LogP contribution >= 0.6 is 11.6 Å². The lowest BCUT2D eigenvalue weighted by molar-refractivity contribution is 0.322. The van der Waals surface area contributed by atoms with Gasteiger partial charge in [0.2, 0.25) is 0 Å². The van der Waals surface area contributed by atoms with E-state index in [-0.39, 0.29) is 11.4 Å². The van der Waals surface area contributed by atoms with Gasteiger partial charge in [0.05, 0.1) is 0 Å². The second-order valence-electron chi connectivity index (χ2n) is 4.90. The first kappa shape index (κ1) is 10.5. The molecule has 3 heteroatoms. The molecular weight excluding hydrogens is 225 g/mol. The van der Waals surface area contributed by atoms with E-state index in [0.29, 0.717) is 10.9 Å². The largest absolute Gasteiger partial charge is 0.307 e. The first-order valence-electron chi connectivity index (χ1n) is 5.93. The Hall–Kier alpha value is -0.600. The quantitative estimate of drug-likeness (QED) is 0.834. The topological polar surface area (TPSA) is 12.0 Å². The van der Waals surface area contributed by atoms with E-state index in [1.807, 2.05) is 6.07 Å². The fourth-order valence-corrected chi connectivity index (χ4v) is 3.15. The molecule has 1 N–H and O–H groups in total. The summed E-state index contributed by atoms with van der Waals surface area (Å²) in [6.45, 7) is 0.999. The van der Waals surface area contributed by atoms with Crippen LogP contribution in [-0.4, -0.2) is 6.54 Å². The van der Waals surface area contributed by atoms with Gasteiger partial charge in [0, 0.05) is 16.1 Å². The lowest BCUT2D eigenvalue weighted by atomic mass is 9.83. The molecule has 1 saturated carbocycles. The number of hydrogen-bond donors (Lipinski definition) is 1. The minimum absolute atomic E-state index is 0.103. The summed E-state index contributed by atoms with van der Waals surface area (Å²) >= 11 is 5.80. The zero-order valence-electron chi connectivity index (χ0n) is 9.10. The average molecular weight is 240 g/mol. The molecule has 16 heavy (non-hydrogen) atoms. The molecule has 2 fully saturated rings. The zero-order chi connectivity index (χ0) is 11.2. The van der Waals surface area contributed by atoms with Crippen LogP contribution in [-0.2, 0) is 5.54 Å². The second kappa shape index (κ2) is 3.71. The van der Waals surface area contributed by atoms with Gasteiger partial charge in [-0.25, -0.2) is 4.39 Å². The highest BCUT2D eigenvalue weighted by Crippen LogP contribution is 2.50. The van der Waals surface area contributed by atoms with Gasteiger partial charge in [-0.05, 0) is 50.3 Å². The monoisotopic (exact) mass is 239 g/mol. The van der Waals surface area contributed by atoms with Crippen LogP contribution < -0.4 is 5.32 Å². The van der Waals surface area contributed by atoms with Crippen molar-refractivity contribution in [2.75, 3.05) is 6.54 Å². The summed E-state index contributed by atoms with van der Waals surface area (Å²) in [5.74, 6) is 0.458. The van der Waals surface area contributed by atoms with E-state index in [9.17, 15) is 4.39 Å². The maximum absolute atomic E-state index is 14.0. The summed E-state index contributed by atoms with van der Waals surface area (Å²) in [6.07, 6.45) is 4.62. The Morgan fingerprint density at radius 1 is 1.38 bits per heavy atom. The molecule has 0 spiro atoms. The third kappa shape index (κ3) is 1.56. The van der Waals surface area contributed by atoms with Crippen molar-refractivity contribution in [2.45, 2.75) is 31.2 Å². The zero-order valence-corrected chi connectivity index (χ0v) is 9.86. The van der Waals surface area contributed by atoms with Crippen LogP contribution in [0, 0.1) is 11.7 Å². The normalized spacial score (nSPS) is 29.6. The highest BCUT2D eigenvalue weighted by molar-refractivity contribution is 6.30. The Morgan fingerprint density at radius 3 is 2.75 bits per heavy atom. The van der Waals surface area contributed by atoms with Crippen molar-refractivity contribution in [3.8, 4) is 0 Å². The summed E-state index contributed by atoms with van der Waals surface area (Å²) < 4.78 is 14.0. The molecular formula is C13H15ClFN. The highest BCUT2D eigenvalue weighted by atomic mass is 35.5. The molecule has 0 radical (unpaired) electrons. The Morgan fingerprint density at radius 2 is 2.19 bits per heavy atom. The lowest BCUT2D eigenvalue weighted by Crippen LogP contribution is -2.39. The predicted molar refractivity (Wildman–Crippen MR) is 63.0 cm³/mol. The number of benzene rings is 1. The smallest absolute Gasteiger partial charge is 0.129 e. The second-order valence-corrected chi connectivity index (χ2v) is 5.34.